The molecule has 2 aromatic rings. The summed E-state index contributed by atoms with van der Waals surface area (Å²) in [6, 6.07) is 8.80. The van der Waals surface area contributed by atoms with Gasteiger partial charge in [0.05, 0.1) is 30.2 Å². The lowest BCUT2D eigenvalue weighted by Crippen LogP contribution is -2.31. The van der Waals surface area contributed by atoms with Gasteiger partial charge in [0.1, 0.15) is 17.2 Å². The Balaban J connectivity index is 1.62. The van der Waals surface area contributed by atoms with E-state index in [4.69, 9.17) is 25.5 Å². The minimum atomic E-state index is -0.227. The standard InChI is InChI=1S/C21H21ClN2O4S/c1-26-19-8-7-14(11-17(19)22)24-20(25)18(12-15-6-4-10-27-15)23-21(24)29-13-16-5-2-3-9-28-16/h4,6-8,10-12,16H,2-3,5,9,13H2,1H3/b18-12+/t16-/m1/s1. The first-order chi connectivity index (χ1) is 14.2. The number of furan rings is 1. The van der Waals surface area contributed by atoms with Crippen LogP contribution in [-0.2, 0) is 9.53 Å². The van der Waals surface area contributed by atoms with Gasteiger partial charge in [0.15, 0.2) is 5.17 Å². The van der Waals surface area contributed by atoms with Gasteiger partial charge < -0.3 is 13.9 Å². The van der Waals surface area contributed by atoms with E-state index in [1.807, 2.05) is 0 Å². The molecule has 6 nitrogen and oxygen atoms in total. The number of benzene rings is 1. The fraction of sp³-hybridized carbons (Fsp3) is 0.333. The van der Waals surface area contributed by atoms with Crippen molar-refractivity contribution >= 4 is 46.2 Å². The normalized spacial score (nSPS) is 21.0. The molecule has 152 valence electrons. The quantitative estimate of drug-likeness (QED) is 0.623. The monoisotopic (exact) mass is 432 g/mol. The number of hydrogen-bond donors (Lipinski definition) is 0. The van der Waals surface area contributed by atoms with Crippen molar-refractivity contribution in [1.29, 1.82) is 0 Å². The van der Waals surface area contributed by atoms with E-state index in [2.05, 4.69) is 4.99 Å². The molecule has 0 spiro atoms. The van der Waals surface area contributed by atoms with Crippen LogP contribution in [0.15, 0.2) is 51.7 Å². The second-order valence-corrected chi connectivity index (χ2v) is 8.09. The number of amides is 1. The van der Waals surface area contributed by atoms with Crippen molar-refractivity contribution in [3.63, 3.8) is 0 Å². The van der Waals surface area contributed by atoms with Gasteiger partial charge in [-0.2, -0.15) is 0 Å². The van der Waals surface area contributed by atoms with Gasteiger partial charge in [-0.25, -0.2) is 4.99 Å². The first-order valence-electron chi connectivity index (χ1n) is 9.42. The number of thioether (sulfide) groups is 1. The number of ether oxygens (including phenoxy) is 2. The number of amidine groups is 1. The fourth-order valence-corrected chi connectivity index (χ4v) is 4.56. The summed E-state index contributed by atoms with van der Waals surface area (Å²) in [5.74, 6) is 1.64. The van der Waals surface area contributed by atoms with Gasteiger partial charge in [0.2, 0.25) is 0 Å². The van der Waals surface area contributed by atoms with E-state index in [1.165, 1.54) is 11.8 Å². The lowest BCUT2D eigenvalue weighted by atomic mass is 10.1. The molecule has 0 radical (unpaired) electrons. The molecule has 0 N–H and O–H groups in total. The molecule has 4 rings (SSSR count). The Morgan fingerprint density at radius 2 is 2.28 bits per heavy atom. The van der Waals surface area contributed by atoms with E-state index < -0.39 is 0 Å². The molecule has 3 heterocycles. The molecule has 0 aliphatic carbocycles. The molecule has 2 aliphatic heterocycles. The number of rotatable bonds is 5. The Morgan fingerprint density at radius 1 is 1.38 bits per heavy atom. The summed E-state index contributed by atoms with van der Waals surface area (Å²) >= 11 is 7.81. The third-order valence-electron chi connectivity index (χ3n) is 4.72. The SMILES string of the molecule is COc1ccc(N2C(=O)/C(=C\c3ccco3)N=C2SC[C@H]2CCCCO2)cc1Cl. The zero-order valence-corrected chi connectivity index (χ0v) is 17.5. The number of nitrogens with zero attached hydrogens (tertiary/aromatic N) is 2. The van der Waals surface area contributed by atoms with Gasteiger partial charge in [-0.1, -0.05) is 23.4 Å². The zero-order valence-electron chi connectivity index (χ0n) is 16.0. The number of methoxy groups -OCH3 is 1. The summed E-state index contributed by atoms with van der Waals surface area (Å²) in [4.78, 5) is 19.3. The maximum absolute atomic E-state index is 13.1. The lowest BCUT2D eigenvalue weighted by Gasteiger charge is -2.24. The van der Waals surface area contributed by atoms with Crippen molar-refractivity contribution in [3.05, 3.63) is 53.1 Å². The maximum atomic E-state index is 13.1. The molecular weight excluding hydrogens is 412 g/mol. The highest BCUT2D eigenvalue weighted by Gasteiger charge is 2.33. The second kappa shape index (κ2) is 9.07. The average molecular weight is 433 g/mol. The Hall–Kier alpha value is -2.22. The van der Waals surface area contributed by atoms with E-state index in [1.54, 1.807) is 54.7 Å². The molecule has 8 heteroatoms. The van der Waals surface area contributed by atoms with Crippen LogP contribution in [0.1, 0.15) is 25.0 Å². The van der Waals surface area contributed by atoms with E-state index in [9.17, 15) is 4.79 Å². The Kier molecular flexibility index (Phi) is 6.28. The molecular formula is C21H21ClN2O4S. The molecule has 1 atom stereocenters. The third-order valence-corrected chi connectivity index (χ3v) is 6.08. The molecule has 2 aliphatic rings. The number of hydrogen-bond acceptors (Lipinski definition) is 6. The van der Waals surface area contributed by atoms with Crippen LogP contribution in [0.25, 0.3) is 6.08 Å². The van der Waals surface area contributed by atoms with Crippen molar-refractivity contribution in [2.45, 2.75) is 25.4 Å². The van der Waals surface area contributed by atoms with Crippen LogP contribution in [0.2, 0.25) is 5.02 Å². The molecule has 0 unspecified atom stereocenters. The summed E-state index contributed by atoms with van der Waals surface area (Å²) in [7, 11) is 1.55. The predicted molar refractivity (Wildman–Crippen MR) is 116 cm³/mol. The van der Waals surface area contributed by atoms with Crippen molar-refractivity contribution in [2.24, 2.45) is 4.99 Å². The molecule has 0 saturated carbocycles. The molecule has 1 aromatic carbocycles. The van der Waals surface area contributed by atoms with E-state index in [0.717, 1.165) is 31.6 Å². The lowest BCUT2D eigenvalue weighted by molar-refractivity contribution is -0.113. The Bertz CT molecular complexity index is 936. The number of carbonyl (C=O) groups excluding carboxylic acids is 1. The number of aliphatic imine (C=N–C) groups is 1. The third kappa shape index (κ3) is 4.52. The van der Waals surface area contributed by atoms with Crippen molar-refractivity contribution in [1.82, 2.24) is 0 Å². The number of halogens is 1. The Morgan fingerprint density at radius 3 is 2.97 bits per heavy atom. The van der Waals surface area contributed by atoms with Gasteiger partial charge >= 0.3 is 0 Å². The fourth-order valence-electron chi connectivity index (χ4n) is 3.23. The first-order valence-corrected chi connectivity index (χ1v) is 10.8. The molecule has 1 fully saturated rings. The van der Waals surface area contributed by atoms with Crippen LogP contribution in [0.3, 0.4) is 0 Å². The zero-order chi connectivity index (χ0) is 20.2. The van der Waals surface area contributed by atoms with Crippen LogP contribution in [0, 0.1) is 0 Å². The van der Waals surface area contributed by atoms with Crippen molar-refractivity contribution in [3.8, 4) is 5.75 Å². The van der Waals surface area contributed by atoms with E-state index >= 15 is 0 Å². The summed E-state index contributed by atoms with van der Waals surface area (Å²) in [5, 5.41) is 1.03. The highest BCUT2D eigenvalue weighted by molar-refractivity contribution is 8.14. The van der Waals surface area contributed by atoms with Crippen LogP contribution in [0.4, 0.5) is 5.69 Å². The van der Waals surface area contributed by atoms with Gasteiger partial charge in [0, 0.05) is 18.4 Å². The smallest absolute Gasteiger partial charge is 0.283 e. The van der Waals surface area contributed by atoms with Crippen molar-refractivity contribution in [2.75, 3.05) is 24.4 Å². The van der Waals surface area contributed by atoms with Crippen LogP contribution >= 0.6 is 23.4 Å². The molecule has 1 aromatic heterocycles. The molecule has 1 saturated heterocycles. The maximum Gasteiger partial charge on any atom is 0.283 e. The first kappa shape index (κ1) is 20.1. The summed E-state index contributed by atoms with van der Waals surface area (Å²) < 4.78 is 16.4. The van der Waals surface area contributed by atoms with Gasteiger partial charge in [0.25, 0.3) is 5.91 Å². The van der Waals surface area contributed by atoms with Crippen LogP contribution < -0.4 is 9.64 Å². The van der Waals surface area contributed by atoms with Crippen LogP contribution in [0.5, 0.6) is 5.75 Å². The minimum absolute atomic E-state index is 0.172. The summed E-state index contributed by atoms with van der Waals surface area (Å²) in [6.45, 7) is 0.790. The predicted octanol–water partition coefficient (Wildman–Crippen LogP) is 4.99. The summed E-state index contributed by atoms with van der Waals surface area (Å²) in [5.41, 5.74) is 0.957. The van der Waals surface area contributed by atoms with Crippen molar-refractivity contribution < 1.29 is 18.7 Å². The Labute approximate surface area is 178 Å². The summed E-state index contributed by atoms with van der Waals surface area (Å²) in [6.07, 6.45) is 6.67. The minimum Gasteiger partial charge on any atom is -0.495 e. The average Bonchev–Trinajstić information content (AvgIpc) is 3.35. The van der Waals surface area contributed by atoms with Crippen LogP contribution in [-0.4, -0.2) is 36.6 Å². The van der Waals surface area contributed by atoms with Gasteiger partial charge in [-0.05, 0) is 49.6 Å². The van der Waals surface area contributed by atoms with Gasteiger partial charge in [-0.3, -0.25) is 9.69 Å². The molecule has 29 heavy (non-hydrogen) atoms. The number of anilines is 1. The van der Waals surface area contributed by atoms with E-state index in [0.29, 0.717) is 33.1 Å². The molecule has 1 amide bonds. The highest BCUT2D eigenvalue weighted by Crippen LogP contribution is 2.35. The van der Waals surface area contributed by atoms with E-state index in [-0.39, 0.29) is 12.0 Å². The number of carbonyl (C=O) groups is 1. The highest BCUT2D eigenvalue weighted by atomic mass is 35.5. The second-order valence-electron chi connectivity index (χ2n) is 6.70. The molecule has 0 bridgehead atoms. The largest absolute Gasteiger partial charge is 0.495 e. The van der Waals surface area contributed by atoms with Gasteiger partial charge in [-0.15, -0.1) is 0 Å². The topological polar surface area (TPSA) is 64.3 Å².